The van der Waals surface area contributed by atoms with E-state index in [1.807, 2.05) is 0 Å². The van der Waals surface area contributed by atoms with Crippen LogP contribution in [0, 0.1) is 0 Å². The van der Waals surface area contributed by atoms with Crippen LogP contribution >= 0.6 is 0 Å². The second-order valence-corrected chi connectivity index (χ2v) is 5.15. The molecule has 0 fully saturated rings. The lowest BCUT2D eigenvalue weighted by atomic mass is 10.1. The van der Waals surface area contributed by atoms with E-state index in [-0.39, 0.29) is 6.61 Å². The fourth-order valence-electron chi connectivity index (χ4n) is 1.38. The van der Waals surface area contributed by atoms with E-state index in [4.69, 9.17) is 19.3 Å². The summed E-state index contributed by atoms with van der Waals surface area (Å²) in [6.07, 6.45) is -0.582. The first-order valence-corrected chi connectivity index (χ1v) is 6.59. The summed E-state index contributed by atoms with van der Waals surface area (Å²) in [4.78, 5) is 34.9. The van der Waals surface area contributed by atoms with Gasteiger partial charge in [-0.15, -0.1) is 0 Å². The number of carboxylic acids is 1. The topological polar surface area (TPSA) is 108 Å². The average molecular weight is 318 g/mol. The van der Waals surface area contributed by atoms with Gasteiger partial charge >= 0.3 is 17.9 Å². The Morgan fingerprint density at radius 1 is 1.09 bits per heavy atom. The summed E-state index contributed by atoms with van der Waals surface area (Å²) >= 11 is 0. The van der Waals surface area contributed by atoms with Crippen LogP contribution in [0.5, 0.6) is 0 Å². The SMILES string of the molecule is CCOC(=O)C(CC(=O)OC(C)(C)C)=C(OCOC)C(=O)O. The molecule has 0 heterocycles. The Morgan fingerprint density at radius 2 is 1.68 bits per heavy atom. The second-order valence-electron chi connectivity index (χ2n) is 5.15. The van der Waals surface area contributed by atoms with E-state index in [0.29, 0.717) is 0 Å². The summed E-state index contributed by atoms with van der Waals surface area (Å²) in [5.74, 6) is -3.94. The predicted molar refractivity (Wildman–Crippen MR) is 74.7 cm³/mol. The molecule has 8 nitrogen and oxygen atoms in total. The predicted octanol–water partition coefficient (Wildman–Crippen LogP) is 1.24. The second kappa shape index (κ2) is 9.04. The number of rotatable bonds is 8. The van der Waals surface area contributed by atoms with Crippen molar-refractivity contribution in [2.45, 2.75) is 39.7 Å². The first kappa shape index (κ1) is 19.9. The van der Waals surface area contributed by atoms with Gasteiger partial charge in [-0.25, -0.2) is 9.59 Å². The summed E-state index contributed by atoms with van der Waals surface area (Å²) in [6, 6.07) is 0. The van der Waals surface area contributed by atoms with E-state index in [2.05, 4.69) is 4.74 Å². The largest absolute Gasteiger partial charge is 0.475 e. The zero-order valence-corrected chi connectivity index (χ0v) is 13.4. The van der Waals surface area contributed by atoms with E-state index in [9.17, 15) is 14.4 Å². The maximum absolute atomic E-state index is 11.9. The van der Waals surface area contributed by atoms with Gasteiger partial charge in [0.2, 0.25) is 5.76 Å². The number of carbonyl (C=O) groups is 3. The molecule has 0 radical (unpaired) electrons. The van der Waals surface area contributed by atoms with Crippen molar-refractivity contribution in [1.82, 2.24) is 0 Å². The highest BCUT2D eigenvalue weighted by molar-refractivity contribution is 6.01. The molecular formula is C14H22O8. The Hall–Kier alpha value is -2.09. The Bertz CT molecular complexity index is 444. The molecule has 0 aliphatic rings. The minimum Gasteiger partial charge on any atom is -0.475 e. The van der Waals surface area contributed by atoms with Crippen molar-refractivity contribution >= 4 is 17.9 Å². The van der Waals surface area contributed by atoms with E-state index >= 15 is 0 Å². The van der Waals surface area contributed by atoms with Crippen molar-refractivity contribution < 1.29 is 38.4 Å². The molecule has 0 rings (SSSR count). The third-order valence-electron chi connectivity index (χ3n) is 2.05. The highest BCUT2D eigenvalue weighted by atomic mass is 16.7. The van der Waals surface area contributed by atoms with Crippen LogP contribution in [-0.2, 0) is 33.3 Å². The van der Waals surface area contributed by atoms with E-state index < -0.39 is 48.1 Å². The van der Waals surface area contributed by atoms with Crippen LogP contribution in [0.3, 0.4) is 0 Å². The van der Waals surface area contributed by atoms with E-state index in [1.165, 1.54) is 7.11 Å². The minimum absolute atomic E-state index is 0.0217. The third-order valence-corrected chi connectivity index (χ3v) is 2.05. The van der Waals surface area contributed by atoms with Crippen LogP contribution in [0.15, 0.2) is 11.3 Å². The molecule has 0 bridgehead atoms. The average Bonchev–Trinajstić information content (AvgIpc) is 2.35. The zero-order valence-electron chi connectivity index (χ0n) is 13.4. The molecule has 0 saturated heterocycles. The molecule has 0 amide bonds. The van der Waals surface area contributed by atoms with Gasteiger partial charge in [0, 0.05) is 7.11 Å². The highest BCUT2D eigenvalue weighted by Gasteiger charge is 2.28. The molecule has 126 valence electrons. The lowest BCUT2D eigenvalue weighted by Crippen LogP contribution is -2.26. The van der Waals surface area contributed by atoms with Crippen molar-refractivity contribution in [2.75, 3.05) is 20.5 Å². The van der Waals surface area contributed by atoms with Crippen molar-refractivity contribution in [2.24, 2.45) is 0 Å². The molecule has 0 unspecified atom stereocenters. The molecule has 0 aliphatic carbocycles. The van der Waals surface area contributed by atoms with Crippen LogP contribution in [0.25, 0.3) is 0 Å². The molecule has 0 saturated carbocycles. The molecule has 0 atom stereocenters. The van der Waals surface area contributed by atoms with Crippen LogP contribution in [0.2, 0.25) is 0 Å². The Morgan fingerprint density at radius 3 is 2.09 bits per heavy atom. The molecule has 22 heavy (non-hydrogen) atoms. The van der Waals surface area contributed by atoms with Gasteiger partial charge in [0.1, 0.15) is 5.60 Å². The molecule has 0 spiro atoms. The van der Waals surface area contributed by atoms with E-state index in [1.54, 1.807) is 27.7 Å². The first-order valence-electron chi connectivity index (χ1n) is 6.59. The van der Waals surface area contributed by atoms with Crippen LogP contribution in [0.4, 0.5) is 0 Å². The monoisotopic (exact) mass is 318 g/mol. The number of carboxylic acid groups (broad SMARTS) is 1. The van der Waals surface area contributed by atoms with Crippen molar-refractivity contribution in [1.29, 1.82) is 0 Å². The molecular weight excluding hydrogens is 296 g/mol. The lowest BCUT2D eigenvalue weighted by Gasteiger charge is -2.20. The van der Waals surface area contributed by atoms with Crippen molar-refractivity contribution in [3.63, 3.8) is 0 Å². The van der Waals surface area contributed by atoms with Gasteiger partial charge in [0.15, 0.2) is 6.79 Å². The van der Waals surface area contributed by atoms with Gasteiger partial charge < -0.3 is 24.1 Å². The summed E-state index contributed by atoms with van der Waals surface area (Å²) in [5.41, 5.74) is -1.20. The molecule has 1 N–H and O–H groups in total. The summed E-state index contributed by atoms with van der Waals surface area (Å²) in [7, 11) is 1.29. The first-order chi connectivity index (χ1) is 10.1. The minimum atomic E-state index is -1.51. The van der Waals surface area contributed by atoms with Crippen molar-refractivity contribution in [3.05, 3.63) is 11.3 Å². The van der Waals surface area contributed by atoms with Gasteiger partial charge in [0.25, 0.3) is 0 Å². The van der Waals surface area contributed by atoms with Gasteiger partial charge in [-0.3, -0.25) is 4.79 Å². The van der Waals surface area contributed by atoms with Gasteiger partial charge in [-0.1, -0.05) is 0 Å². The Balaban J connectivity index is 5.45. The summed E-state index contributed by atoms with van der Waals surface area (Å²) in [5, 5.41) is 9.13. The van der Waals surface area contributed by atoms with Gasteiger partial charge in [-0.05, 0) is 27.7 Å². The zero-order chi connectivity index (χ0) is 17.3. The summed E-state index contributed by atoms with van der Waals surface area (Å²) in [6.45, 7) is 6.14. The molecule has 0 aromatic carbocycles. The number of methoxy groups -OCH3 is 1. The van der Waals surface area contributed by atoms with Gasteiger partial charge in [-0.2, -0.15) is 0 Å². The number of hydrogen-bond acceptors (Lipinski definition) is 7. The smallest absolute Gasteiger partial charge is 0.371 e. The standard InChI is InChI=1S/C14H22O8/c1-6-20-13(18)9(7-10(15)22-14(2,3)4)11(12(16)17)21-8-19-5/h6-8H2,1-5H3,(H,16,17). The number of carbonyl (C=O) groups excluding carboxylic acids is 2. The van der Waals surface area contributed by atoms with Crippen LogP contribution < -0.4 is 0 Å². The molecule has 8 heteroatoms. The number of ether oxygens (including phenoxy) is 4. The summed E-state index contributed by atoms with van der Waals surface area (Å²) < 4.78 is 19.3. The lowest BCUT2D eigenvalue weighted by molar-refractivity contribution is -0.155. The van der Waals surface area contributed by atoms with Crippen LogP contribution in [0.1, 0.15) is 34.1 Å². The fourth-order valence-corrected chi connectivity index (χ4v) is 1.38. The number of esters is 2. The van der Waals surface area contributed by atoms with E-state index in [0.717, 1.165) is 0 Å². The normalized spacial score (nSPS) is 12.2. The van der Waals surface area contributed by atoms with Gasteiger partial charge in [0.05, 0.1) is 18.6 Å². The van der Waals surface area contributed by atoms with Crippen molar-refractivity contribution in [3.8, 4) is 0 Å². The quantitative estimate of drug-likeness (QED) is 0.308. The fraction of sp³-hybridized carbons (Fsp3) is 0.643. The molecule has 0 aliphatic heterocycles. The highest BCUT2D eigenvalue weighted by Crippen LogP contribution is 2.17. The third kappa shape index (κ3) is 7.63. The Labute approximate surface area is 129 Å². The number of aliphatic carboxylic acids is 1. The molecule has 0 aromatic heterocycles. The maximum Gasteiger partial charge on any atom is 0.371 e. The van der Waals surface area contributed by atoms with Crippen LogP contribution in [-0.4, -0.2) is 49.1 Å². The maximum atomic E-state index is 11.9. The number of hydrogen-bond donors (Lipinski definition) is 1. The molecule has 0 aromatic rings. The Kier molecular flexibility index (Phi) is 8.18.